The molecule has 0 saturated carbocycles. The van der Waals surface area contributed by atoms with Crippen LogP contribution >= 0.6 is 11.6 Å². The first kappa shape index (κ1) is 19.5. The third-order valence-corrected chi connectivity index (χ3v) is 5.46. The molecule has 2 aromatic rings. The van der Waals surface area contributed by atoms with Crippen LogP contribution in [0.15, 0.2) is 48.2 Å². The lowest BCUT2D eigenvalue weighted by Gasteiger charge is -2.34. The SMILES string of the molecule is CN1CCN(C2=C(c3ccc(F)cc3)C(=O)N(c3ccc(F)c(Cl)c3)C2=O)CC1. The second-order valence-corrected chi connectivity index (χ2v) is 7.47. The van der Waals surface area contributed by atoms with E-state index in [4.69, 9.17) is 11.6 Å². The van der Waals surface area contributed by atoms with Crippen molar-refractivity contribution in [1.29, 1.82) is 0 Å². The number of nitrogens with zero attached hydrogens (tertiary/aromatic N) is 3. The van der Waals surface area contributed by atoms with Crippen LogP contribution in [0.25, 0.3) is 5.57 Å². The van der Waals surface area contributed by atoms with Gasteiger partial charge in [-0.05, 0) is 42.9 Å². The van der Waals surface area contributed by atoms with E-state index < -0.39 is 23.4 Å². The number of halogens is 3. The van der Waals surface area contributed by atoms with Gasteiger partial charge in [-0.1, -0.05) is 23.7 Å². The predicted octanol–water partition coefficient (Wildman–Crippen LogP) is 3.15. The summed E-state index contributed by atoms with van der Waals surface area (Å²) in [7, 11) is 1.99. The van der Waals surface area contributed by atoms with Crippen LogP contribution in [0.3, 0.4) is 0 Å². The van der Waals surface area contributed by atoms with E-state index in [1.165, 1.54) is 36.4 Å². The molecular weight excluding hydrogens is 400 g/mol. The number of likely N-dealkylation sites (N-methyl/N-ethyl adjacent to an activating group) is 1. The van der Waals surface area contributed by atoms with Crippen LogP contribution < -0.4 is 4.90 Å². The van der Waals surface area contributed by atoms with Gasteiger partial charge in [-0.3, -0.25) is 9.59 Å². The van der Waals surface area contributed by atoms with Crippen molar-refractivity contribution in [3.63, 3.8) is 0 Å². The standard InChI is InChI=1S/C21H18ClF2N3O2/c1-25-8-10-26(11-9-25)19-18(13-2-4-14(23)5-3-13)20(28)27(21(19)29)15-6-7-17(24)16(22)12-15/h2-7,12H,8-11H2,1H3. The number of anilines is 1. The number of carbonyl (C=O) groups is 2. The van der Waals surface area contributed by atoms with Gasteiger partial charge in [0.05, 0.1) is 16.3 Å². The molecule has 2 aromatic carbocycles. The van der Waals surface area contributed by atoms with Gasteiger partial charge in [0.15, 0.2) is 0 Å². The van der Waals surface area contributed by atoms with Crippen LogP contribution in [0.2, 0.25) is 5.02 Å². The Kier molecular flexibility index (Phi) is 5.10. The fraction of sp³-hybridized carbons (Fsp3) is 0.238. The van der Waals surface area contributed by atoms with Crippen molar-refractivity contribution in [2.45, 2.75) is 0 Å². The topological polar surface area (TPSA) is 43.9 Å². The summed E-state index contributed by atoms with van der Waals surface area (Å²) in [5, 5.41) is -0.181. The lowest BCUT2D eigenvalue weighted by molar-refractivity contribution is -0.120. The van der Waals surface area contributed by atoms with Gasteiger partial charge in [-0.15, -0.1) is 0 Å². The molecule has 0 N–H and O–H groups in total. The smallest absolute Gasteiger partial charge is 0.282 e. The summed E-state index contributed by atoms with van der Waals surface area (Å²) in [5.41, 5.74) is 1.12. The summed E-state index contributed by atoms with van der Waals surface area (Å²) in [5.74, 6) is -2.12. The molecule has 2 aliphatic rings. The summed E-state index contributed by atoms with van der Waals surface area (Å²) in [6.45, 7) is 2.63. The van der Waals surface area contributed by atoms with Gasteiger partial charge in [-0.2, -0.15) is 0 Å². The van der Waals surface area contributed by atoms with Crippen LogP contribution in [0, 0.1) is 11.6 Å². The average molecular weight is 418 g/mol. The molecule has 8 heteroatoms. The third-order valence-electron chi connectivity index (χ3n) is 5.17. The number of imide groups is 1. The van der Waals surface area contributed by atoms with E-state index in [1.54, 1.807) is 0 Å². The number of hydrogen-bond donors (Lipinski definition) is 0. The first-order chi connectivity index (χ1) is 13.9. The fourth-order valence-electron chi connectivity index (χ4n) is 3.58. The Labute approximate surface area is 171 Å². The quantitative estimate of drug-likeness (QED) is 0.720. The Hall–Kier alpha value is -2.77. The molecule has 0 bridgehead atoms. The Morgan fingerprint density at radius 3 is 2.17 bits per heavy atom. The molecule has 0 atom stereocenters. The van der Waals surface area contributed by atoms with Crippen molar-refractivity contribution < 1.29 is 18.4 Å². The summed E-state index contributed by atoms with van der Waals surface area (Å²) in [6.07, 6.45) is 0. The normalized spacial score (nSPS) is 18.2. The molecule has 150 valence electrons. The molecule has 2 heterocycles. The maximum Gasteiger partial charge on any atom is 0.282 e. The summed E-state index contributed by atoms with van der Waals surface area (Å²) >= 11 is 5.86. The van der Waals surface area contributed by atoms with Gasteiger partial charge in [0.1, 0.15) is 17.3 Å². The zero-order valence-corrected chi connectivity index (χ0v) is 16.4. The van der Waals surface area contributed by atoms with Crippen molar-refractivity contribution in [1.82, 2.24) is 9.80 Å². The van der Waals surface area contributed by atoms with E-state index in [0.29, 0.717) is 18.7 Å². The van der Waals surface area contributed by atoms with E-state index >= 15 is 0 Å². The van der Waals surface area contributed by atoms with Crippen molar-refractivity contribution in [2.75, 3.05) is 38.1 Å². The zero-order valence-electron chi connectivity index (χ0n) is 15.7. The van der Waals surface area contributed by atoms with Gasteiger partial charge >= 0.3 is 0 Å². The molecule has 2 aliphatic heterocycles. The molecule has 1 fully saturated rings. The summed E-state index contributed by atoms with van der Waals surface area (Å²) in [6, 6.07) is 9.16. The first-order valence-corrected chi connectivity index (χ1v) is 9.52. The van der Waals surface area contributed by atoms with Crippen LogP contribution in [0.4, 0.5) is 14.5 Å². The minimum absolute atomic E-state index is 0.181. The minimum Gasteiger partial charge on any atom is -0.364 e. The van der Waals surface area contributed by atoms with Crippen molar-refractivity contribution >= 4 is 34.7 Å². The summed E-state index contributed by atoms with van der Waals surface area (Å²) < 4.78 is 27.0. The van der Waals surface area contributed by atoms with Gasteiger partial charge in [0.25, 0.3) is 11.8 Å². The Morgan fingerprint density at radius 2 is 1.55 bits per heavy atom. The predicted molar refractivity (Wildman–Crippen MR) is 106 cm³/mol. The van der Waals surface area contributed by atoms with Gasteiger partial charge < -0.3 is 9.80 Å². The van der Waals surface area contributed by atoms with Crippen LogP contribution in [-0.4, -0.2) is 54.8 Å². The molecule has 0 radical (unpaired) electrons. The van der Waals surface area contributed by atoms with Crippen LogP contribution in [-0.2, 0) is 9.59 Å². The highest BCUT2D eigenvalue weighted by Crippen LogP contribution is 2.36. The monoisotopic (exact) mass is 417 g/mol. The highest BCUT2D eigenvalue weighted by atomic mass is 35.5. The fourth-order valence-corrected chi connectivity index (χ4v) is 3.75. The number of amides is 2. The second-order valence-electron chi connectivity index (χ2n) is 7.06. The molecule has 0 aliphatic carbocycles. The highest BCUT2D eigenvalue weighted by Gasteiger charge is 2.43. The Balaban J connectivity index is 1.81. The maximum atomic E-state index is 13.6. The zero-order chi connectivity index (χ0) is 20.7. The van der Waals surface area contributed by atoms with E-state index in [-0.39, 0.29) is 22.0 Å². The van der Waals surface area contributed by atoms with Crippen LogP contribution in [0.1, 0.15) is 5.56 Å². The number of benzene rings is 2. The molecule has 29 heavy (non-hydrogen) atoms. The number of rotatable bonds is 3. The van der Waals surface area contributed by atoms with Gasteiger partial charge in [-0.25, -0.2) is 13.7 Å². The molecule has 0 unspecified atom stereocenters. The lowest BCUT2D eigenvalue weighted by atomic mass is 10.0. The number of hydrogen-bond acceptors (Lipinski definition) is 4. The van der Waals surface area contributed by atoms with Crippen LogP contribution in [0.5, 0.6) is 0 Å². The molecule has 2 amide bonds. The molecular formula is C21H18ClF2N3O2. The minimum atomic E-state index is -0.638. The average Bonchev–Trinajstić information content (AvgIpc) is 2.96. The third kappa shape index (κ3) is 3.52. The Morgan fingerprint density at radius 1 is 0.897 bits per heavy atom. The lowest BCUT2D eigenvalue weighted by Crippen LogP contribution is -2.46. The number of piperazine rings is 1. The second kappa shape index (κ2) is 7.57. The van der Waals surface area contributed by atoms with Crippen molar-refractivity contribution in [3.8, 4) is 0 Å². The molecule has 0 spiro atoms. The molecule has 1 saturated heterocycles. The molecule has 0 aromatic heterocycles. The van der Waals surface area contributed by atoms with E-state index in [0.717, 1.165) is 24.1 Å². The summed E-state index contributed by atoms with van der Waals surface area (Å²) in [4.78, 5) is 31.6. The molecule has 4 rings (SSSR count). The van der Waals surface area contributed by atoms with E-state index in [1.807, 2.05) is 11.9 Å². The van der Waals surface area contributed by atoms with Gasteiger partial charge in [0.2, 0.25) is 0 Å². The van der Waals surface area contributed by atoms with Crippen molar-refractivity contribution in [2.24, 2.45) is 0 Å². The largest absolute Gasteiger partial charge is 0.364 e. The Bertz CT molecular complexity index is 1020. The maximum absolute atomic E-state index is 13.6. The first-order valence-electron chi connectivity index (χ1n) is 9.14. The van der Waals surface area contributed by atoms with E-state index in [2.05, 4.69) is 4.90 Å². The van der Waals surface area contributed by atoms with Gasteiger partial charge in [0, 0.05) is 26.2 Å². The van der Waals surface area contributed by atoms with Crippen molar-refractivity contribution in [3.05, 3.63) is 70.4 Å². The number of carbonyl (C=O) groups excluding carboxylic acids is 2. The highest BCUT2D eigenvalue weighted by molar-refractivity contribution is 6.45. The molecule has 5 nitrogen and oxygen atoms in total. The van der Waals surface area contributed by atoms with E-state index in [9.17, 15) is 18.4 Å².